The molecule has 0 saturated carbocycles. The van der Waals surface area contributed by atoms with Crippen LogP contribution in [-0.2, 0) is 20.9 Å². The van der Waals surface area contributed by atoms with Crippen LogP contribution in [0.3, 0.4) is 0 Å². The van der Waals surface area contributed by atoms with E-state index >= 15 is 0 Å². The van der Waals surface area contributed by atoms with Crippen molar-refractivity contribution in [3.8, 4) is 11.5 Å². The largest absolute Gasteiger partial charge is 0.493 e. The molecule has 0 unspecified atom stereocenters. The average molecular weight is 441 g/mol. The van der Waals surface area contributed by atoms with Gasteiger partial charge < -0.3 is 14.2 Å². The lowest BCUT2D eigenvalue weighted by Gasteiger charge is -2.18. The summed E-state index contributed by atoms with van der Waals surface area (Å²) in [7, 11) is 1.56. The van der Waals surface area contributed by atoms with Crippen LogP contribution in [-0.4, -0.2) is 30.6 Å². The molecule has 0 aliphatic rings. The first-order valence-electron chi connectivity index (χ1n) is 9.71. The minimum atomic E-state index is -0.397. The lowest BCUT2D eigenvalue weighted by atomic mass is 10.2. The number of amides is 1. The number of hydrogen-bond donors (Lipinski definition) is 0. The molecule has 0 bridgehead atoms. The van der Waals surface area contributed by atoms with Crippen LogP contribution in [0.1, 0.15) is 24.6 Å². The maximum absolute atomic E-state index is 12.2. The quantitative estimate of drug-likeness (QED) is 0.451. The molecule has 162 valence electrons. The van der Waals surface area contributed by atoms with E-state index in [1.165, 1.54) is 18.3 Å². The number of rotatable bonds is 9. The van der Waals surface area contributed by atoms with Gasteiger partial charge in [0.25, 0.3) is 0 Å². The number of esters is 1. The number of ether oxygens (including phenoxy) is 3. The number of para-hydroxylation sites is 2. The normalized spacial score (nSPS) is 10.4. The first-order valence-corrected chi connectivity index (χ1v) is 10.6. The number of nitrogens with zero attached hydrogens (tertiary/aromatic N) is 2. The number of methoxy groups -OCH3 is 1. The van der Waals surface area contributed by atoms with Gasteiger partial charge in [0.1, 0.15) is 6.61 Å². The minimum Gasteiger partial charge on any atom is -0.493 e. The van der Waals surface area contributed by atoms with E-state index in [4.69, 9.17) is 14.2 Å². The molecule has 8 heteroatoms. The monoisotopic (exact) mass is 440 g/mol. The maximum atomic E-state index is 12.2. The third-order valence-corrected chi connectivity index (χ3v) is 5.19. The first kappa shape index (κ1) is 22.3. The summed E-state index contributed by atoms with van der Waals surface area (Å²) in [5.41, 5.74) is 2.38. The van der Waals surface area contributed by atoms with Gasteiger partial charge in [0.15, 0.2) is 16.6 Å². The average Bonchev–Trinajstić information content (AvgIpc) is 3.21. The second-order valence-corrected chi connectivity index (χ2v) is 7.56. The lowest BCUT2D eigenvalue weighted by Crippen LogP contribution is -2.22. The summed E-state index contributed by atoms with van der Waals surface area (Å²) in [5.74, 6) is 0.639. The van der Waals surface area contributed by atoms with Crippen LogP contribution in [0, 0.1) is 6.92 Å². The fraction of sp³-hybridized carbons (Fsp3) is 0.261. The van der Waals surface area contributed by atoms with E-state index in [2.05, 4.69) is 4.98 Å². The molecule has 1 heterocycles. The highest BCUT2D eigenvalue weighted by atomic mass is 32.1. The van der Waals surface area contributed by atoms with E-state index in [0.717, 1.165) is 11.3 Å². The van der Waals surface area contributed by atoms with Crippen LogP contribution in [0.25, 0.3) is 0 Å². The highest BCUT2D eigenvalue weighted by Gasteiger charge is 2.18. The van der Waals surface area contributed by atoms with Crippen molar-refractivity contribution in [2.75, 3.05) is 18.6 Å². The lowest BCUT2D eigenvalue weighted by molar-refractivity contribution is -0.145. The molecule has 0 spiro atoms. The standard InChI is InChI=1S/C23H24N2O5S/c1-16-7-6-8-19(13-16)25(17(2)26)23-24-18(15-31-23)14-30-22(27)11-12-29-21-10-5-4-9-20(21)28-3/h4-10,13,15H,11-12,14H2,1-3H3. The van der Waals surface area contributed by atoms with Gasteiger partial charge in [-0.2, -0.15) is 0 Å². The zero-order valence-electron chi connectivity index (χ0n) is 17.7. The highest BCUT2D eigenvalue weighted by molar-refractivity contribution is 7.14. The summed E-state index contributed by atoms with van der Waals surface area (Å²) >= 11 is 1.32. The van der Waals surface area contributed by atoms with E-state index in [9.17, 15) is 9.59 Å². The Labute approximate surface area is 185 Å². The van der Waals surface area contributed by atoms with Crippen LogP contribution in [0.2, 0.25) is 0 Å². The maximum Gasteiger partial charge on any atom is 0.309 e. The highest BCUT2D eigenvalue weighted by Crippen LogP contribution is 2.30. The van der Waals surface area contributed by atoms with Crippen molar-refractivity contribution in [1.82, 2.24) is 4.98 Å². The zero-order chi connectivity index (χ0) is 22.2. The third-order valence-electron chi connectivity index (χ3n) is 4.32. The molecule has 3 aromatic rings. The Kier molecular flexibility index (Phi) is 7.61. The van der Waals surface area contributed by atoms with Gasteiger partial charge in [-0.1, -0.05) is 24.3 Å². The number of anilines is 2. The number of hydrogen-bond acceptors (Lipinski definition) is 7. The summed E-state index contributed by atoms with van der Waals surface area (Å²) in [4.78, 5) is 30.2. The van der Waals surface area contributed by atoms with Crippen molar-refractivity contribution in [3.05, 3.63) is 65.2 Å². The van der Waals surface area contributed by atoms with Crippen molar-refractivity contribution in [3.63, 3.8) is 0 Å². The number of carbonyl (C=O) groups is 2. The van der Waals surface area contributed by atoms with Crippen molar-refractivity contribution in [1.29, 1.82) is 0 Å². The van der Waals surface area contributed by atoms with Crippen LogP contribution in [0.5, 0.6) is 11.5 Å². The third kappa shape index (κ3) is 6.05. The fourth-order valence-electron chi connectivity index (χ4n) is 2.87. The van der Waals surface area contributed by atoms with Gasteiger partial charge in [-0.05, 0) is 36.8 Å². The number of carbonyl (C=O) groups excluding carboxylic acids is 2. The Balaban J connectivity index is 1.53. The topological polar surface area (TPSA) is 78.0 Å². The molecule has 3 rings (SSSR count). The fourth-order valence-corrected chi connectivity index (χ4v) is 3.74. The molecule has 1 aromatic heterocycles. The molecule has 2 aromatic carbocycles. The molecule has 0 atom stereocenters. The molecular formula is C23H24N2O5S. The number of benzene rings is 2. The van der Waals surface area contributed by atoms with Crippen LogP contribution in [0.4, 0.5) is 10.8 Å². The van der Waals surface area contributed by atoms with E-state index in [-0.39, 0.29) is 25.5 Å². The van der Waals surface area contributed by atoms with E-state index in [0.29, 0.717) is 22.3 Å². The summed E-state index contributed by atoms with van der Waals surface area (Å²) in [6.45, 7) is 3.66. The Hall–Kier alpha value is -3.39. The predicted molar refractivity (Wildman–Crippen MR) is 119 cm³/mol. The van der Waals surface area contributed by atoms with E-state index < -0.39 is 5.97 Å². The Morgan fingerprint density at radius 2 is 1.87 bits per heavy atom. The van der Waals surface area contributed by atoms with Gasteiger partial charge in [-0.25, -0.2) is 4.98 Å². The molecule has 0 radical (unpaired) electrons. The SMILES string of the molecule is COc1ccccc1OCCC(=O)OCc1csc(N(C(C)=O)c2cccc(C)c2)n1. The van der Waals surface area contributed by atoms with E-state index in [1.54, 1.807) is 29.5 Å². The van der Waals surface area contributed by atoms with Gasteiger partial charge >= 0.3 is 5.97 Å². The molecule has 7 nitrogen and oxygen atoms in total. The molecule has 0 aliphatic carbocycles. The van der Waals surface area contributed by atoms with Crippen molar-refractivity contribution in [2.24, 2.45) is 0 Å². The van der Waals surface area contributed by atoms with Crippen LogP contribution >= 0.6 is 11.3 Å². The molecule has 1 amide bonds. The zero-order valence-corrected chi connectivity index (χ0v) is 18.5. The van der Waals surface area contributed by atoms with Crippen LogP contribution in [0.15, 0.2) is 53.9 Å². The molecule has 0 aliphatic heterocycles. The Morgan fingerprint density at radius 3 is 2.58 bits per heavy atom. The van der Waals surface area contributed by atoms with Crippen LogP contribution < -0.4 is 14.4 Å². The molecule has 0 saturated heterocycles. The minimum absolute atomic E-state index is 0.0313. The number of aromatic nitrogens is 1. The molecule has 31 heavy (non-hydrogen) atoms. The van der Waals surface area contributed by atoms with Gasteiger partial charge in [0.2, 0.25) is 5.91 Å². The van der Waals surface area contributed by atoms with Gasteiger partial charge in [-0.3, -0.25) is 14.5 Å². The summed E-state index contributed by atoms with van der Waals surface area (Å²) in [5, 5.41) is 2.31. The molecule has 0 N–H and O–H groups in total. The van der Waals surface area contributed by atoms with Crippen molar-refractivity contribution in [2.45, 2.75) is 26.9 Å². The molecular weight excluding hydrogens is 416 g/mol. The summed E-state index contributed by atoms with van der Waals surface area (Å²) in [6.07, 6.45) is 0.0951. The number of thiazole rings is 1. The number of aryl methyl sites for hydroxylation is 1. The second kappa shape index (κ2) is 10.6. The first-order chi connectivity index (χ1) is 15.0. The summed E-state index contributed by atoms with van der Waals surface area (Å²) in [6, 6.07) is 14.9. The van der Waals surface area contributed by atoms with Crippen molar-refractivity contribution >= 4 is 34.0 Å². The predicted octanol–water partition coefficient (Wildman–Crippen LogP) is 4.66. The van der Waals surface area contributed by atoms with Gasteiger partial charge in [-0.15, -0.1) is 11.3 Å². The van der Waals surface area contributed by atoms with Gasteiger partial charge in [0, 0.05) is 12.3 Å². The van der Waals surface area contributed by atoms with E-state index in [1.807, 2.05) is 43.3 Å². The second-order valence-electron chi connectivity index (χ2n) is 6.72. The molecule has 0 fully saturated rings. The Bertz CT molecular complexity index is 1050. The van der Waals surface area contributed by atoms with Crippen molar-refractivity contribution < 1.29 is 23.8 Å². The van der Waals surface area contributed by atoms with Gasteiger partial charge in [0.05, 0.1) is 31.5 Å². The smallest absolute Gasteiger partial charge is 0.309 e. The Morgan fingerprint density at radius 1 is 1.10 bits per heavy atom. The summed E-state index contributed by atoms with van der Waals surface area (Å²) < 4.78 is 16.1.